The minimum absolute atomic E-state index is 0.272. The third-order valence-corrected chi connectivity index (χ3v) is 3.18. The van der Waals surface area contributed by atoms with Crippen LogP contribution < -0.4 is 0 Å². The maximum Gasteiger partial charge on any atom is 0.360 e. The van der Waals surface area contributed by atoms with Gasteiger partial charge in [0.05, 0.1) is 12.8 Å². The van der Waals surface area contributed by atoms with Gasteiger partial charge in [0.1, 0.15) is 12.4 Å². The van der Waals surface area contributed by atoms with Crippen LogP contribution in [0.3, 0.4) is 0 Å². The first-order valence-corrected chi connectivity index (χ1v) is 6.44. The molecule has 0 unspecified atom stereocenters. The van der Waals surface area contributed by atoms with Crippen molar-refractivity contribution in [3.63, 3.8) is 0 Å². The van der Waals surface area contributed by atoms with Gasteiger partial charge < -0.3 is 9.30 Å². The van der Waals surface area contributed by atoms with Crippen LogP contribution in [0.15, 0.2) is 0 Å². The summed E-state index contributed by atoms with van der Waals surface area (Å²) < 4.78 is 8.29. The van der Waals surface area contributed by atoms with E-state index < -0.39 is 5.97 Å². The molecule has 0 aliphatic heterocycles. The quantitative estimate of drug-likeness (QED) is 0.740. The van der Waals surface area contributed by atoms with E-state index in [4.69, 9.17) is 4.74 Å². The van der Waals surface area contributed by atoms with Crippen LogP contribution in [0, 0.1) is 6.92 Å². The van der Waals surface area contributed by atoms with E-state index in [1.165, 1.54) is 7.11 Å². The van der Waals surface area contributed by atoms with Crippen molar-refractivity contribution in [1.29, 1.82) is 0 Å². The molecule has 2 aromatic rings. The number of aryl methyl sites for hydroxylation is 1. The number of carbonyl (C=O) groups excluding carboxylic acids is 1. The maximum atomic E-state index is 11.7. The Morgan fingerprint density at radius 3 is 2.60 bits per heavy atom. The largest absolute Gasteiger partial charge is 0.464 e. The van der Waals surface area contributed by atoms with Gasteiger partial charge in [0.2, 0.25) is 0 Å². The van der Waals surface area contributed by atoms with Crippen LogP contribution in [0.1, 0.15) is 41.2 Å². The Balaban J connectivity index is 2.34. The van der Waals surface area contributed by atoms with E-state index >= 15 is 0 Å². The third kappa shape index (κ3) is 2.54. The third-order valence-electron chi connectivity index (χ3n) is 3.18. The Kier molecular flexibility index (Phi) is 4.11. The van der Waals surface area contributed by atoms with E-state index in [2.05, 4.69) is 20.5 Å². The summed E-state index contributed by atoms with van der Waals surface area (Å²) in [5.74, 6) is 1.13. The summed E-state index contributed by atoms with van der Waals surface area (Å²) in [6.07, 6.45) is 1.59. The van der Waals surface area contributed by atoms with Gasteiger partial charge in [-0.3, -0.25) is 0 Å². The van der Waals surface area contributed by atoms with E-state index in [1.807, 2.05) is 25.5 Å². The highest BCUT2D eigenvalue weighted by atomic mass is 16.5. The van der Waals surface area contributed by atoms with Gasteiger partial charge in [-0.15, -0.1) is 15.3 Å². The molecule has 20 heavy (non-hydrogen) atoms. The molecule has 0 radical (unpaired) electrons. The van der Waals surface area contributed by atoms with Crippen LogP contribution >= 0.6 is 0 Å². The second-order valence-electron chi connectivity index (χ2n) is 4.51. The zero-order chi connectivity index (χ0) is 14.7. The molecule has 2 aromatic heterocycles. The lowest BCUT2D eigenvalue weighted by molar-refractivity contribution is 0.0592. The highest BCUT2D eigenvalue weighted by Crippen LogP contribution is 2.11. The minimum atomic E-state index is -0.464. The highest BCUT2D eigenvalue weighted by Gasteiger charge is 2.20. The second kappa shape index (κ2) is 5.81. The van der Waals surface area contributed by atoms with E-state index in [0.29, 0.717) is 13.0 Å². The predicted molar refractivity (Wildman–Crippen MR) is 70.2 cm³/mol. The summed E-state index contributed by atoms with van der Waals surface area (Å²) >= 11 is 0. The molecular formula is C12H18N6O2. The van der Waals surface area contributed by atoms with Gasteiger partial charge in [-0.05, 0) is 13.3 Å². The topological polar surface area (TPSA) is 87.7 Å². The van der Waals surface area contributed by atoms with E-state index in [9.17, 15) is 4.79 Å². The lowest BCUT2D eigenvalue weighted by Crippen LogP contribution is -2.13. The zero-order valence-corrected chi connectivity index (χ0v) is 12.1. The molecule has 0 saturated heterocycles. The standard InChI is InChI=1S/C12H18N6O2/c1-5-6-9-11(12(19)20-4)15-16-18(9)7-10-14-13-8(2)17(10)3/h5-7H2,1-4H3. The molecule has 2 rings (SSSR count). The number of hydrogen-bond donors (Lipinski definition) is 0. The van der Waals surface area contributed by atoms with Gasteiger partial charge in [0, 0.05) is 7.05 Å². The van der Waals surface area contributed by atoms with Gasteiger partial charge in [0.15, 0.2) is 11.5 Å². The first-order valence-electron chi connectivity index (χ1n) is 6.44. The summed E-state index contributed by atoms with van der Waals surface area (Å²) in [6.45, 7) is 4.34. The average molecular weight is 278 g/mol. The van der Waals surface area contributed by atoms with Crippen molar-refractivity contribution in [2.45, 2.75) is 33.2 Å². The van der Waals surface area contributed by atoms with Crippen molar-refractivity contribution in [1.82, 2.24) is 29.8 Å². The summed E-state index contributed by atoms with van der Waals surface area (Å²) in [4.78, 5) is 11.7. The highest BCUT2D eigenvalue weighted by molar-refractivity contribution is 5.88. The van der Waals surface area contributed by atoms with Gasteiger partial charge in [0.25, 0.3) is 0 Å². The minimum Gasteiger partial charge on any atom is -0.464 e. The molecule has 0 aliphatic rings. The molecule has 0 amide bonds. The van der Waals surface area contributed by atoms with Crippen molar-refractivity contribution < 1.29 is 9.53 Å². The van der Waals surface area contributed by atoms with Crippen molar-refractivity contribution in [2.24, 2.45) is 7.05 Å². The van der Waals surface area contributed by atoms with E-state index in [1.54, 1.807) is 4.68 Å². The number of esters is 1. The van der Waals surface area contributed by atoms with Crippen LogP contribution in [0.4, 0.5) is 0 Å². The van der Waals surface area contributed by atoms with E-state index in [-0.39, 0.29) is 5.69 Å². The Bertz CT molecular complexity index is 615. The van der Waals surface area contributed by atoms with Gasteiger partial charge in [-0.2, -0.15) is 0 Å². The normalized spacial score (nSPS) is 10.8. The number of carbonyl (C=O) groups is 1. The molecule has 0 saturated carbocycles. The van der Waals surface area contributed by atoms with Crippen LogP contribution in [0.25, 0.3) is 0 Å². The van der Waals surface area contributed by atoms with Gasteiger partial charge in [-0.25, -0.2) is 9.48 Å². The summed E-state index contributed by atoms with van der Waals surface area (Å²) in [5, 5.41) is 16.1. The fourth-order valence-electron chi connectivity index (χ4n) is 1.92. The lowest BCUT2D eigenvalue weighted by atomic mass is 10.2. The number of rotatable bonds is 5. The number of methoxy groups -OCH3 is 1. The Hall–Kier alpha value is -2.25. The number of nitrogens with zero attached hydrogens (tertiary/aromatic N) is 6. The average Bonchev–Trinajstić information content (AvgIpc) is 2.98. The molecule has 0 spiro atoms. The molecule has 2 heterocycles. The van der Waals surface area contributed by atoms with Crippen LogP contribution in [-0.2, 0) is 24.8 Å². The molecule has 108 valence electrons. The molecule has 0 fully saturated rings. The Morgan fingerprint density at radius 1 is 1.30 bits per heavy atom. The monoisotopic (exact) mass is 278 g/mol. The Morgan fingerprint density at radius 2 is 2.05 bits per heavy atom. The first kappa shape index (κ1) is 14.2. The second-order valence-corrected chi connectivity index (χ2v) is 4.51. The SMILES string of the molecule is CCCc1c(C(=O)OC)nnn1Cc1nnc(C)n1C. The maximum absolute atomic E-state index is 11.7. The van der Waals surface area contributed by atoms with Crippen LogP contribution in [0.5, 0.6) is 0 Å². The number of aromatic nitrogens is 6. The van der Waals surface area contributed by atoms with Gasteiger partial charge in [-0.1, -0.05) is 18.6 Å². The van der Waals surface area contributed by atoms with E-state index in [0.717, 1.165) is 23.8 Å². The smallest absolute Gasteiger partial charge is 0.360 e. The van der Waals surface area contributed by atoms with Crippen LogP contribution in [0.2, 0.25) is 0 Å². The first-order chi connectivity index (χ1) is 9.58. The fraction of sp³-hybridized carbons (Fsp3) is 0.583. The Labute approximate surface area is 116 Å². The van der Waals surface area contributed by atoms with Crippen molar-refractivity contribution in [2.75, 3.05) is 7.11 Å². The predicted octanol–water partition coefficient (Wildman–Crippen LogP) is 0.502. The number of ether oxygens (including phenoxy) is 1. The molecule has 8 heteroatoms. The molecule has 8 nitrogen and oxygen atoms in total. The summed E-state index contributed by atoms with van der Waals surface area (Å²) in [5.41, 5.74) is 1.04. The zero-order valence-electron chi connectivity index (χ0n) is 12.1. The summed E-state index contributed by atoms with van der Waals surface area (Å²) in [7, 11) is 3.23. The van der Waals surface area contributed by atoms with Crippen molar-refractivity contribution in [3.8, 4) is 0 Å². The number of hydrogen-bond acceptors (Lipinski definition) is 6. The molecule has 0 bridgehead atoms. The fourth-order valence-corrected chi connectivity index (χ4v) is 1.92. The molecule has 0 aromatic carbocycles. The lowest BCUT2D eigenvalue weighted by Gasteiger charge is -2.06. The molecule has 0 N–H and O–H groups in total. The van der Waals surface area contributed by atoms with Gasteiger partial charge >= 0.3 is 5.97 Å². The van der Waals surface area contributed by atoms with Crippen LogP contribution in [-0.4, -0.2) is 42.8 Å². The van der Waals surface area contributed by atoms with Crippen molar-refractivity contribution in [3.05, 3.63) is 23.0 Å². The molecule has 0 atom stereocenters. The molecule has 0 aliphatic carbocycles. The molecular weight excluding hydrogens is 260 g/mol. The van der Waals surface area contributed by atoms with Crippen molar-refractivity contribution >= 4 is 5.97 Å². The summed E-state index contributed by atoms with van der Waals surface area (Å²) in [6, 6.07) is 0.